The molecule has 9 heteroatoms. The second-order valence-corrected chi connectivity index (χ2v) is 11.0. The third-order valence-corrected chi connectivity index (χ3v) is 8.32. The number of aryl methyl sites for hydroxylation is 1. The van der Waals surface area contributed by atoms with E-state index in [0.717, 1.165) is 42.1 Å². The van der Waals surface area contributed by atoms with Crippen LogP contribution < -0.4 is 0 Å². The number of rotatable bonds is 8. The van der Waals surface area contributed by atoms with E-state index in [0.29, 0.717) is 17.9 Å². The number of imidazole rings is 1. The number of carbonyl (C=O) groups is 2. The highest BCUT2D eigenvalue weighted by Gasteiger charge is 2.32. The number of para-hydroxylation sites is 1. The van der Waals surface area contributed by atoms with Crippen LogP contribution in [0.3, 0.4) is 0 Å². The van der Waals surface area contributed by atoms with Gasteiger partial charge in [0.1, 0.15) is 12.7 Å². The van der Waals surface area contributed by atoms with E-state index in [9.17, 15) is 19.7 Å². The number of hydrogen-bond donors (Lipinski definition) is 0. The summed E-state index contributed by atoms with van der Waals surface area (Å²) in [6.45, 7) is 3.31. The molecule has 0 aliphatic heterocycles. The summed E-state index contributed by atoms with van der Waals surface area (Å²) in [5.74, 6) is -0.0205. The minimum absolute atomic E-state index is 0.165. The Morgan fingerprint density at radius 2 is 1.64 bits per heavy atom. The van der Waals surface area contributed by atoms with Gasteiger partial charge >= 0.3 is 5.82 Å². The van der Waals surface area contributed by atoms with Gasteiger partial charge in [0.15, 0.2) is 5.78 Å². The number of nitrogens with zero attached hydrogens (tertiary/aromatic N) is 5. The Labute approximate surface area is 228 Å². The highest BCUT2D eigenvalue weighted by atomic mass is 16.6. The summed E-state index contributed by atoms with van der Waals surface area (Å²) < 4.78 is 3.45. The lowest BCUT2D eigenvalue weighted by Crippen LogP contribution is -2.49. The minimum atomic E-state index is -0.566. The van der Waals surface area contributed by atoms with E-state index in [1.165, 1.54) is 56.2 Å². The molecule has 0 spiro atoms. The molecule has 9 nitrogen and oxygen atoms in total. The fourth-order valence-electron chi connectivity index (χ4n) is 6.45. The van der Waals surface area contributed by atoms with Crippen LogP contribution in [0.1, 0.15) is 82.5 Å². The quantitative estimate of drug-likeness (QED) is 0.197. The van der Waals surface area contributed by atoms with Crippen molar-refractivity contribution in [1.29, 1.82) is 0 Å². The lowest BCUT2D eigenvalue weighted by Gasteiger charge is -2.42. The Morgan fingerprint density at radius 3 is 2.21 bits per heavy atom. The fourth-order valence-corrected chi connectivity index (χ4v) is 6.45. The molecule has 2 aliphatic rings. The Hall–Kier alpha value is -3.75. The van der Waals surface area contributed by atoms with Gasteiger partial charge in [0, 0.05) is 48.6 Å². The van der Waals surface area contributed by atoms with E-state index in [4.69, 9.17) is 0 Å². The van der Waals surface area contributed by atoms with E-state index < -0.39 is 4.92 Å². The highest BCUT2D eigenvalue weighted by Crippen LogP contribution is 2.32. The van der Waals surface area contributed by atoms with Crippen LogP contribution in [0.5, 0.6) is 0 Å². The zero-order valence-corrected chi connectivity index (χ0v) is 22.8. The van der Waals surface area contributed by atoms with Crippen LogP contribution in [-0.2, 0) is 16.1 Å². The standard InChI is InChI=1S/C30H37N5O4/c1-21(36)28(33-19-29(35(38)39)31-22(33)2)17-23-18-32(27-16-10-9-15-26(23)27)20-30(37)34(24-11-5-3-6-12-24)25-13-7-4-8-14-25/h9-10,15-19,24-25H,3-8,11-14,20H2,1-2H3/b28-17-. The molecular formula is C30H37N5O4. The monoisotopic (exact) mass is 531 g/mol. The molecule has 2 heterocycles. The number of allylic oxidation sites excluding steroid dienone is 1. The molecule has 2 aromatic heterocycles. The number of benzene rings is 1. The van der Waals surface area contributed by atoms with Gasteiger partial charge in [-0.2, -0.15) is 0 Å². The van der Waals surface area contributed by atoms with E-state index in [1.807, 2.05) is 35.0 Å². The van der Waals surface area contributed by atoms with Gasteiger partial charge < -0.3 is 19.6 Å². The molecule has 0 radical (unpaired) electrons. The van der Waals surface area contributed by atoms with Crippen molar-refractivity contribution in [3.8, 4) is 0 Å². The zero-order chi connectivity index (χ0) is 27.5. The van der Waals surface area contributed by atoms with Gasteiger partial charge in [-0.1, -0.05) is 56.7 Å². The minimum Gasteiger partial charge on any atom is -0.358 e. The summed E-state index contributed by atoms with van der Waals surface area (Å²) in [4.78, 5) is 43.6. The van der Waals surface area contributed by atoms with Crippen molar-refractivity contribution >= 4 is 40.2 Å². The molecule has 0 N–H and O–H groups in total. The van der Waals surface area contributed by atoms with Crippen molar-refractivity contribution in [3.63, 3.8) is 0 Å². The summed E-state index contributed by atoms with van der Waals surface area (Å²) >= 11 is 0. The van der Waals surface area contributed by atoms with Crippen LogP contribution in [0.15, 0.2) is 36.7 Å². The molecule has 2 aliphatic carbocycles. The van der Waals surface area contributed by atoms with Crippen molar-refractivity contribution in [2.45, 2.75) is 96.7 Å². The number of Topliss-reactive ketones (excluding diaryl/α,β-unsaturated/α-hetero) is 1. The summed E-state index contributed by atoms with van der Waals surface area (Å²) in [7, 11) is 0. The maximum Gasteiger partial charge on any atom is 0.382 e. The number of amides is 1. The van der Waals surface area contributed by atoms with Gasteiger partial charge in [-0.15, -0.1) is 0 Å². The average molecular weight is 532 g/mol. The molecule has 0 saturated heterocycles. The predicted octanol–water partition coefficient (Wildman–Crippen LogP) is 6.14. The second kappa shape index (κ2) is 11.6. The molecule has 1 aromatic carbocycles. The van der Waals surface area contributed by atoms with Gasteiger partial charge in [0.25, 0.3) is 0 Å². The zero-order valence-electron chi connectivity index (χ0n) is 22.8. The Morgan fingerprint density at radius 1 is 1.03 bits per heavy atom. The van der Waals surface area contributed by atoms with Crippen molar-refractivity contribution in [2.24, 2.45) is 0 Å². The molecule has 3 aromatic rings. The maximum absolute atomic E-state index is 14.0. The van der Waals surface area contributed by atoms with Gasteiger partial charge in [-0.3, -0.25) is 14.2 Å². The molecule has 39 heavy (non-hydrogen) atoms. The first-order chi connectivity index (χ1) is 18.8. The largest absolute Gasteiger partial charge is 0.382 e. The number of ketones is 1. The summed E-state index contributed by atoms with van der Waals surface area (Å²) in [6, 6.07) is 8.49. The summed E-state index contributed by atoms with van der Waals surface area (Å²) in [6.07, 6.45) is 16.5. The van der Waals surface area contributed by atoms with E-state index >= 15 is 0 Å². The van der Waals surface area contributed by atoms with Crippen molar-refractivity contribution in [2.75, 3.05) is 0 Å². The normalized spacial score (nSPS) is 17.4. The summed E-state index contributed by atoms with van der Waals surface area (Å²) in [5, 5.41) is 12.2. The molecule has 2 saturated carbocycles. The smallest absolute Gasteiger partial charge is 0.358 e. The van der Waals surface area contributed by atoms with Gasteiger partial charge in [-0.25, -0.2) is 0 Å². The Balaban J connectivity index is 1.50. The van der Waals surface area contributed by atoms with Crippen molar-refractivity contribution < 1.29 is 14.5 Å². The van der Waals surface area contributed by atoms with Crippen LogP contribution in [0.2, 0.25) is 0 Å². The van der Waals surface area contributed by atoms with Gasteiger partial charge in [0.05, 0.1) is 5.70 Å². The molecule has 2 fully saturated rings. The number of fused-ring (bicyclic) bond motifs is 1. The number of nitro groups is 1. The first kappa shape index (κ1) is 26.8. The fraction of sp³-hybridized carbons (Fsp3) is 0.500. The highest BCUT2D eigenvalue weighted by molar-refractivity contribution is 6.19. The third kappa shape index (κ3) is 5.67. The summed E-state index contributed by atoms with van der Waals surface area (Å²) in [5.41, 5.74) is 1.98. The molecule has 5 rings (SSSR count). The molecule has 0 bridgehead atoms. The van der Waals surface area contributed by atoms with Crippen LogP contribution in [0, 0.1) is 17.0 Å². The van der Waals surface area contributed by atoms with Crippen LogP contribution in [-0.4, -0.2) is 47.7 Å². The van der Waals surface area contributed by atoms with Crippen LogP contribution in [0.25, 0.3) is 22.7 Å². The molecule has 0 atom stereocenters. The molecule has 206 valence electrons. The molecular weight excluding hydrogens is 494 g/mol. The van der Waals surface area contributed by atoms with Crippen LogP contribution in [0.4, 0.5) is 5.82 Å². The van der Waals surface area contributed by atoms with E-state index in [2.05, 4.69) is 9.88 Å². The lowest BCUT2D eigenvalue weighted by molar-refractivity contribution is -0.389. The number of aromatic nitrogens is 3. The van der Waals surface area contributed by atoms with Crippen LogP contribution >= 0.6 is 0 Å². The van der Waals surface area contributed by atoms with E-state index in [-0.39, 0.29) is 29.8 Å². The van der Waals surface area contributed by atoms with Gasteiger partial charge in [-0.05, 0) is 47.7 Å². The maximum atomic E-state index is 14.0. The molecule has 0 unspecified atom stereocenters. The topological polar surface area (TPSA) is 103 Å². The van der Waals surface area contributed by atoms with Gasteiger partial charge in [0.2, 0.25) is 11.7 Å². The SMILES string of the molecule is CC(=O)/C(=C/c1cn(CC(=O)N(C2CCCCC2)C2CCCCC2)c2ccccc12)n1cc([N+](=O)[O-])nc1C. The average Bonchev–Trinajstić information content (AvgIpc) is 3.49. The third-order valence-electron chi connectivity index (χ3n) is 8.32. The Kier molecular flexibility index (Phi) is 7.95. The first-order valence-corrected chi connectivity index (χ1v) is 14.2. The van der Waals surface area contributed by atoms with E-state index in [1.54, 1.807) is 13.0 Å². The second-order valence-electron chi connectivity index (χ2n) is 11.0. The van der Waals surface area contributed by atoms with Crippen molar-refractivity contribution in [1.82, 2.24) is 19.0 Å². The number of carbonyl (C=O) groups excluding carboxylic acids is 2. The molecule has 1 amide bonds. The Bertz CT molecular complexity index is 1390. The number of hydrogen-bond acceptors (Lipinski definition) is 5. The predicted molar refractivity (Wildman–Crippen MR) is 151 cm³/mol. The van der Waals surface area contributed by atoms with Crippen molar-refractivity contribution in [3.05, 3.63) is 58.2 Å². The lowest BCUT2D eigenvalue weighted by atomic mass is 9.88. The first-order valence-electron chi connectivity index (χ1n) is 14.2.